The molecule has 0 heterocycles. The lowest BCUT2D eigenvalue weighted by molar-refractivity contribution is -0.0158. The Morgan fingerprint density at radius 3 is 2.19 bits per heavy atom. The fourth-order valence-corrected chi connectivity index (χ4v) is 5.63. The second-order valence-corrected chi connectivity index (χ2v) is 9.12. The van der Waals surface area contributed by atoms with E-state index in [1.165, 1.54) is 38.5 Å². The monoisotopic (exact) mass is 293 g/mol. The summed E-state index contributed by atoms with van der Waals surface area (Å²) in [5, 5.41) is 14.7. The molecule has 0 aromatic carbocycles. The maximum Gasteiger partial charge on any atom is 0.0771 e. The Morgan fingerprint density at radius 2 is 1.71 bits per heavy atom. The molecular formula is C19H35NO. The molecule has 0 aromatic heterocycles. The highest BCUT2D eigenvalue weighted by Crippen LogP contribution is 2.65. The van der Waals surface area contributed by atoms with E-state index < -0.39 is 5.60 Å². The summed E-state index contributed by atoms with van der Waals surface area (Å²) in [6, 6.07) is 0.610. The van der Waals surface area contributed by atoms with Gasteiger partial charge in [0.25, 0.3) is 0 Å². The fourth-order valence-electron chi connectivity index (χ4n) is 5.63. The Morgan fingerprint density at radius 1 is 1.05 bits per heavy atom. The van der Waals surface area contributed by atoms with E-state index in [1.807, 2.05) is 0 Å². The van der Waals surface area contributed by atoms with Crippen LogP contribution in [0.4, 0.5) is 0 Å². The molecule has 2 heteroatoms. The summed E-state index contributed by atoms with van der Waals surface area (Å²) in [5.74, 6) is 1.73. The molecule has 122 valence electrons. The average Bonchev–Trinajstić information content (AvgIpc) is 2.79. The van der Waals surface area contributed by atoms with Gasteiger partial charge >= 0.3 is 0 Å². The zero-order valence-corrected chi connectivity index (χ0v) is 14.5. The molecule has 3 unspecified atom stereocenters. The van der Waals surface area contributed by atoms with Gasteiger partial charge in [-0.1, -0.05) is 34.1 Å². The van der Waals surface area contributed by atoms with Gasteiger partial charge in [-0.2, -0.15) is 0 Å². The maximum absolute atomic E-state index is 10.9. The van der Waals surface area contributed by atoms with E-state index in [2.05, 4.69) is 33.0 Å². The van der Waals surface area contributed by atoms with Gasteiger partial charge in [0.15, 0.2) is 0 Å². The maximum atomic E-state index is 10.9. The van der Waals surface area contributed by atoms with Crippen molar-refractivity contribution < 1.29 is 5.11 Å². The van der Waals surface area contributed by atoms with Crippen molar-refractivity contribution in [3.05, 3.63) is 0 Å². The summed E-state index contributed by atoms with van der Waals surface area (Å²) in [4.78, 5) is 0. The number of hydrogen-bond donors (Lipinski definition) is 2. The van der Waals surface area contributed by atoms with Crippen LogP contribution >= 0.6 is 0 Å². The molecule has 3 fully saturated rings. The van der Waals surface area contributed by atoms with Crippen LogP contribution in [0.3, 0.4) is 0 Å². The molecular weight excluding hydrogens is 258 g/mol. The predicted molar refractivity (Wildman–Crippen MR) is 88.2 cm³/mol. The summed E-state index contributed by atoms with van der Waals surface area (Å²) in [7, 11) is 0. The fraction of sp³-hybridized carbons (Fsp3) is 1.00. The van der Waals surface area contributed by atoms with Crippen LogP contribution in [0.5, 0.6) is 0 Å². The Labute approximate surface area is 131 Å². The van der Waals surface area contributed by atoms with Gasteiger partial charge in [-0.15, -0.1) is 0 Å². The van der Waals surface area contributed by atoms with Crippen molar-refractivity contribution in [1.82, 2.24) is 5.32 Å². The van der Waals surface area contributed by atoms with E-state index in [4.69, 9.17) is 0 Å². The summed E-state index contributed by atoms with van der Waals surface area (Å²) in [6.45, 7) is 10.5. The molecule has 3 saturated carbocycles. The molecule has 0 amide bonds. The molecule has 0 aromatic rings. The van der Waals surface area contributed by atoms with Gasteiger partial charge in [0, 0.05) is 12.6 Å². The van der Waals surface area contributed by atoms with Crippen molar-refractivity contribution in [2.24, 2.45) is 22.7 Å². The summed E-state index contributed by atoms with van der Waals surface area (Å²) < 4.78 is 0. The third kappa shape index (κ3) is 2.47. The van der Waals surface area contributed by atoms with Gasteiger partial charge in [-0.3, -0.25) is 0 Å². The third-order valence-corrected chi connectivity index (χ3v) is 8.08. The van der Waals surface area contributed by atoms with Gasteiger partial charge in [0.2, 0.25) is 0 Å². The molecule has 3 rings (SSSR count). The summed E-state index contributed by atoms with van der Waals surface area (Å²) >= 11 is 0. The molecule has 3 atom stereocenters. The minimum atomic E-state index is -0.437. The van der Waals surface area contributed by atoms with Crippen molar-refractivity contribution in [3.63, 3.8) is 0 Å². The number of nitrogens with one attached hydrogen (secondary N) is 1. The Hall–Kier alpha value is -0.0800. The van der Waals surface area contributed by atoms with Gasteiger partial charge < -0.3 is 10.4 Å². The van der Waals surface area contributed by atoms with E-state index in [0.29, 0.717) is 16.9 Å². The first-order valence-corrected chi connectivity index (χ1v) is 9.26. The molecule has 0 saturated heterocycles. The van der Waals surface area contributed by atoms with Crippen molar-refractivity contribution >= 4 is 0 Å². The smallest absolute Gasteiger partial charge is 0.0771 e. The minimum Gasteiger partial charge on any atom is -0.389 e. The Balaban J connectivity index is 1.57. The molecule has 2 N–H and O–H groups in total. The van der Waals surface area contributed by atoms with Crippen LogP contribution in [0.1, 0.15) is 79.1 Å². The number of rotatable bonds is 4. The average molecular weight is 293 g/mol. The van der Waals surface area contributed by atoms with Crippen LogP contribution in [0, 0.1) is 22.7 Å². The Kier molecular flexibility index (Phi) is 3.94. The van der Waals surface area contributed by atoms with Crippen molar-refractivity contribution in [2.45, 2.75) is 90.7 Å². The van der Waals surface area contributed by atoms with Crippen LogP contribution in [0.2, 0.25) is 0 Å². The van der Waals surface area contributed by atoms with E-state index in [1.54, 1.807) is 0 Å². The lowest BCUT2D eigenvalue weighted by Crippen LogP contribution is -2.51. The molecule has 0 spiro atoms. The van der Waals surface area contributed by atoms with Gasteiger partial charge in [0.05, 0.1) is 5.60 Å². The quantitative estimate of drug-likeness (QED) is 0.817. The van der Waals surface area contributed by atoms with Crippen LogP contribution in [0.25, 0.3) is 0 Å². The first-order valence-electron chi connectivity index (χ1n) is 9.26. The molecule has 0 radical (unpaired) electrons. The zero-order chi connectivity index (χ0) is 15.3. The first-order chi connectivity index (χ1) is 9.81. The lowest BCUT2D eigenvalue weighted by atomic mass is 9.69. The second-order valence-electron chi connectivity index (χ2n) is 9.12. The zero-order valence-electron chi connectivity index (χ0n) is 14.5. The van der Waals surface area contributed by atoms with Crippen molar-refractivity contribution in [3.8, 4) is 0 Å². The lowest BCUT2D eigenvalue weighted by Gasteiger charge is -2.42. The van der Waals surface area contributed by atoms with Crippen LogP contribution in [-0.4, -0.2) is 23.3 Å². The molecule has 3 aliphatic rings. The van der Waals surface area contributed by atoms with Gasteiger partial charge in [-0.05, 0) is 67.6 Å². The summed E-state index contributed by atoms with van der Waals surface area (Å²) in [5.41, 5.74) is 0.454. The first kappa shape index (κ1) is 15.8. The molecule has 0 aliphatic heterocycles. The van der Waals surface area contributed by atoms with E-state index >= 15 is 0 Å². The SMILES string of the molecule is CCC1CCC(O)(CNC2CC3CCC2(C)C3(C)C)CC1. The van der Waals surface area contributed by atoms with Crippen LogP contribution in [-0.2, 0) is 0 Å². The molecule has 2 bridgehead atoms. The molecule has 21 heavy (non-hydrogen) atoms. The van der Waals surface area contributed by atoms with Gasteiger partial charge in [-0.25, -0.2) is 0 Å². The van der Waals surface area contributed by atoms with E-state index in [0.717, 1.165) is 31.2 Å². The second kappa shape index (κ2) is 5.23. The van der Waals surface area contributed by atoms with Crippen LogP contribution < -0.4 is 5.32 Å². The highest BCUT2D eigenvalue weighted by Gasteiger charge is 2.61. The molecule has 3 aliphatic carbocycles. The normalized spacial score (nSPS) is 48.7. The topological polar surface area (TPSA) is 32.3 Å². The van der Waals surface area contributed by atoms with Crippen molar-refractivity contribution in [2.75, 3.05) is 6.54 Å². The standard InChI is InChI=1S/C19H35NO/c1-5-14-6-10-19(21,11-7-14)13-20-16-12-15-8-9-18(16,4)17(15,2)3/h14-16,20-21H,5-13H2,1-4H3. The van der Waals surface area contributed by atoms with E-state index in [9.17, 15) is 5.11 Å². The third-order valence-electron chi connectivity index (χ3n) is 8.08. The number of fused-ring (bicyclic) bond motifs is 2. The minimum absolute atomic E-state index is 0.425. The highest BCUT2D eigenvalue weighted by atomic mass is 16.3. The largest absolute Gasteiger partial charge is 0.389 e. The van der Waals surface area contributed by atoms with Gasteiger partial charge in [0.1, 0.15) is 0 Å². The molecule has 2 nitrogen and oxygen atoms in total. The van der Waals surface area contributed by atoms with Crippen molar-refractivity contribution in [1.29, 1.82) is 0 Å². The number of aliphatic hydroxyl groups is 1. The van der Waals surface area contributed by atoms with E-state index in [-0.39, 0.29) is 0 Å². The summed E-state index contributed by atoms with van der Waals surface area (Å²) in [6.07, 6.45) is 9.78. The van der Waals surface area contributed by atoms with Crippen LogP contribution in [0.15, 0.2) is 0 Å². The highest BCUT2D eigenvalue weighted by molar-refractivity contribution is 5.13. The predicted octanol–water partition coefficient (Wildman–Crippen LogP) is 4.12. The Bertz CT molecular complexity index is 383. The number of hydrogen-bond acceptors (Lipinski definition) is 2.